The molecule has 2 amide bonds. The largest absolute Gasteiger partial charge is 0.497 e. The highest BCUT2D eigenvalue weighted by Gasteiger charge is 2.24. The Morgan fingerprint density at radius 2 is 1.86 bits per heavy atom. The van der Waals surface area contributed by atoms with E-state index in [1.54, 1.807) is 7.11 Å². The number of urea groups is 1. The molecular weight excluding hydrogens is 366 g/mol. The Hall–Kier alpha value is -3.35. The standard InChI is InChI=1S/C22H25N5O2/c1-29-19-9-7-18(8-10-19)23-22(28)27-13-11-16(12-14-27)15-20-24-21(26-25-20)17-5-3-2-4-6-17/h2-10,16H,11-15H2,1H3,(H,23,28)(H,24,25,26). The predicted molar refractivity (Wildman–Crippen MR) is 112 cm³/mol. The lowest BCUT2D eigenvalue weighted by Crippen LogP contribution is -2.41. The zero-order valence-corrected chi connectivity index (χ0v) is 16.5. The quantitative estimate of drug-likeness (QED) is 0.689. The van der Waals surface area contributed by atoms with Gasteiger partial charge in [-0.2, -0.15) is 5.10 Å². The molecule has 0 bridgehead atoms. The first kappa shape index (κ1) is 19.0. The molecule has 150 valence electrons. The second-order valence-electron chi connectivity index (χ2n) is 7.26. The Kier molecular flexibility index (Phi) is 5.74. The number of methoxy groups -OCH3 is 1. The molecule has 2 heterocycles. The third-order valence-electron chi connectivity index (χ3n) is 5.29. The van der Waals surface area contributed by atoms with E-state index in [2.05, 4.69) is 20.5 Å². The topological polar surface area (TPSA) is 83.1 Å². The summed E-state index contributed by atoms with van der Waals surface area (Å²) in [5.41, 5.74) is 1.79. The average molecular weight is 391 g/mol. The lowest BCUT2D eigenvalue weighted by molar-refractivity contribution is 0.182. The van der Waals surface area contributed by atoms with Crippen molar-refractivity contribution in [3.05, 3.63) is 60.4 Å². The van der Waals surface area contributed by atoms with Crippen LogP contribution in [0.25, 0.3) is 11.4 Å². The molecule has 7 nitrogen and oxygen atoms in total. The van der Waals surface area contributed by atoms with E-state index in [-0.39, 0.29) is 6.03 Å². The fraction of sp³-hybridized carbons (Fsp3) is 0.318. The number of nitrogens with one attached hydrogen (secondary N) is 2. The van der Waals surface area contributed by atoms with Gasteiger partial charge < -0.3 is 15.0 Å². The summed E-state index contributed by atoms with van der Waals surface area (Å²) in [5.74, 6) is 2.91. The highest BCUT2D eigenvalue weighted by atomic mass is 16.5. The summed E-state index contributed by atoms with van der Waals surface area (Å²) in [4.78, 5) is 19.0. The molecule has 1 fully saturated rings. The Morgan fingerprint density at radius 1 is 1.14 bits per heavy atom. The fourth-order valence-electron chi connectivity index (χ4n) is 3.59. The Bertz CT molecular complexity index is 931. The van der Waals surface area contributed by atoms with Crippen LogP contribution >= 0.6 is 0 Å². The van der Waals surface area contributed by atoms with Gasteiger partial charge in [-0.15, -0.1) is 0 Å². The summed E-state index contributed by atoms with van der Waals surface area (Å²) in [7, 11) is 1.62. The van der Waals surface area contributed by atoms with Gasteiger partial charge in [0.15, 0.2) is 5.82 Å². The number of carbonyl (C=O) groups excluding carboxylic acids is 1. The number of hydrogen-bond acceptors (Lipinski definition) is 4. The first-order valence-corrected chi connectivity index (χ1v) is 9.88. The van der Waals surface area contributed by atoms with Crippen molar-refractivity contribution in [2.75, 3.05) is 25.5 Å². The number of anilines is 1. The predicted octanol–water partition coefficient (Wildman–Crippen LogP) is 3.97. The van der Waals surface area contributed by atoms with Crippen molar-refractivity contribution in [3.63, 3.8) is 0 Å². The molecule has 29 heavy (non-hydrogen) atoms. The van der Waals surface area contributed by atoms with Crippen molar-refractivity contribution in [3.8, 4) is 17.1 Å². The van der Waals surface area contributed by atoms with E-state index in [1.807, 2.05) is 59.5 Å². The van der Waals surface area contributed by atoms with Crippen molar-refractivity contribution in [1.29, 1.82) is 0 Å². The Labute approximate surface area is 170 Å². The zero-order valence-electron chi connectivity index (χ0n) is 16.5. The summed E-state index contributed by atoms with van der Waals surface area (Å²) in [5, 5.41) is 10.3. The van der Waals surface area contributed by atoms with Gasteiger partial charge in [-0.05, 0) is 43.0 Å². The fourth-order valence-corrected chi connectivity index (χ4v) is 3.59. The van der Waals surface area contributed by atoms with E-state index in [1.165, 1.54) is 0 Å². The number of likely N-dealkylation sites (tertiary alicyclic amines) is 1. The number of aromatic amines is 1. The number of ether oxygens (including phenoxy) is 1. The number of piperidine rings is 1. The van der Waals surface area contributed by atoms with E-state index in [0.717, 1.165) is 61.0 Å². The van der Waals surface area contributed by atoms with Gasteiger partial charge in [-0.1, -0.05) is 30.3 Å². The monoisotopic (exact) mass is 391 g/mol. The van der Waals surface area contributed by atoms with Crippen molar-refractivity contribution in [2.24, 2.45) is 5.92 Å². The molecule has 0 atom stereocenters. The lowest BCUT2D eigenvalue weighted by atomic mass is 9.93. The summed E-state index contributed by atoms with van der Waals surface area (Å²) in [6.45, 7) is 1.48. The SMILES string of the molecule is COc1ccc(NC(=O)N2CCC(Cc3nc(-c4ccccc4)n[nH]3)CC2)cc1. The first-order chi connectivity index (χ1) is 14.2. The summed E-state index contributed by atoms with van der Waals surface area (Å²) >= 11 is 0. The second kappa shape index (κ2) is 8.77. The van der Waals surface area contributed by atoms with Crippen molar-refractivity contribution >= 4 is 11.7 Å². The van der Waals surface area contributed by atoms with Crippen LogP contribution in [0.2, 0.25) is 0 Å². The summed E-state index contributed by atoms with van der Waals surface area (Å²) in [6, 6.07) is 17.3. The average Bonchev–Trinajstić information content (AvgIpc) is 3.24. The minimum absolute atomic E-state index is 0.0559. The maximum atomic E-state index is 12.5. The maximum absolute atomic E-state index is 12.5. The Balaban J connectivity index is 1.27. The minimum Gasteiger partial charge on any atom is -0.497 e. The van der Waals surface area contributed by atoms with Crippen LogP contribution in [0.5, 0.6) is 5.75 Å². The molecule has 3 aromatic rings. The van der Waals surface area contributed by atoms with Crippen molar-refractivity contribution in [1.82, 2.24) is 20.1 Å². The third kappa shape index (κ3) is 4.74. The molecule has 2 aromatic carbocycles. The number of rotatable bonds is 5. The van der Waals surface area contributed by atoms with Crippen LogP contribution in [0.4, 0.5) is 10.5 Å². The molecule has 4 rings (SSSR count). The van der Waals surface area contributed by atoms with Crippen LogP contribution in [0.1, 0.15) is 18.7 Å². The van der Waals surface area contributed by atoms with Crippen LogP contribution in [0.15, 0.2) is 54.6 Å². The molecule has 0 saturated carbocycles. The molecule has 1 aromatic heterocycles. The zero-order chi connectivity index (χ0) is 20.1. The molecule has 2 N–H and O–H groups in total. The maximum Gasteiger partial charge on any atom is 0.321 e. The van der Waals surface area contributed by atoms with E-state index in [9.17, 15) is 4.79 Å². The number of benzene rings is 2. The molecule has 0 aliphatic carbocycles. The molecule has 1 aliphatic heterocycles. The van der Waals surface area contributed by atoms with E-state index < -0.39 is 0 Å². The lowest BCUT2D eigenvalue weighted by Gasteiger charge is -2.31. The second-order valence-corrected chi connectivity index (χ2v) is 7.26. The van der Waals surface area contributed by atoms with Gasteiger partial charge in [0.2, 0.25) is 0 Å². The molecule has 0 unspecified atom stereocenters. The third-order valence-corrected chi connectivity index (χ3v) is 5.29. The minimum atomic E-state index is -0.0559. The van der Waals surface area contributed by atoms with Crippen LogP contribution in [-0.4, -0.2) is 46.3 Å². The van der Waals surface area contributed by atoms with Gasteiger partial charge >= 0.3 is 6.03 Å². The van der Waals surface area contributed by atoms with Gasteiger partial charge in [0.05, 0.1) is 7.11 Å². The van der Waals surface area contributed by atoms with Gasteiger partial charge in [-0.3, -0.25) is 5.10 Å². The molecule has 1 saturated heterocycles. The van der Waals surface area contributed by atoms with E-state index in [0.29, 0.717) is 5.92 Å². The van der Waals surface area contributed by atoms with E-state index in [4.69, 9.17) is 4.74 Å². The van der Waals surface area contributed by atoms with Crippen molar-refractivity contribution in [2.45, 2.75) is 19.3 Å². The van der Waals surface area contributed by atoms with E-state index >= 15 is 0 Å². The number of H-pyrrole nitrogens is 1. The molecule has 7 heteroatoms. The molecule has 0 radical (unpaired) electrons. The number of carbonyl (C=O) groups is 1. The Morgan fingerprint density at radius 3 is 2.55 bits per heavy atom. The van der Waals surface area contributed by atoms with Crippen LogP contribution in [-0.2, 0) is 6.42 Å². The molecule has 1 aliphatic rings. The molecule has 0 spiro atoms. The smallest absolute Gasteiger partial charge is 0.321 e. The van der Waals surface area contributed by atoms with Gasteiger partial charge in [-0.25, -0.2) is 9.78 Å². The summed E-state index contributed by atoms with van der Waals surface area (Å²) in [6.07, 6.45) is 2.77. The normalized spacial score (nSPS) is 14.6. The van der Waals surface area contributed by atoms with Crippen LogP contribution < -0.4 is 10.1 Å². The first-order valence-electron chi connectivity index (χ1n) is 9.88. The number of nitrogens with zero attached hydrogens (tertiary/aromatic N) is 3. The number of hydrogen-bond donors (Lipinski definition) is 2. The molecular formula is C22H25N5O2. The van der Waals surface area contributed by atoms with Gasteiger partial charge in [0, 0.05) is 30.8 Å². The number of aromatic nitrogens is 3. The highest BCUT2D eigenvalue weighted by Crippen LogP contribution is 2.23. The van der Waals surface area contributed by atoms with Gasteiger partial charge in [0.1, 0.15) is 11.6 Å². The summed E-state index contributed by atoms with van der Waals surface area (Å²) < 4.78 is 5.14. The van der Waals surface area contributed by atoms with Crippen LogP contribution in [0, 0.1) is 5.92 Å². The number of amides is 2. The van der Waals surface area contributed by atoms with Crippen molar-refractivity contribution < 1.29 is 9.53 Å². The van der Waals surface area contributed by atoms with Gasteiger partial charge in [0.25, 0.3) is 0 Å². The highest BCUT2D eigenvalue weighted by molar-refractivity contribution is 5.89. The van der Waals surface area contributed by atoms with Crippen LogP contribution in [0.3, 0.4) is 0 Å².